The molecule has 0 amide bonds. The van der Waals surface area contributed by atoms with Gasteiger partial charge in [-0.2, -0.15) is 0 Å². The average Bonchev–Trinajstić information content (AvgIpc) is 3.06. The number of ketones is 1. The average molecular weight is 417 g/mol. The van der Waals surface area contributed by atoms with Gasteiger partial charge in [0.2, 0.25) is 5.75 Å². The van der Waals surface area contributed by atoms with E-state index in [0.717, 1.165) is 15.8 Å². The van der Waals surface area contributed by atoms with E-state index in [0.29, 0.717) is 22.8 Å². The maximum Gasteiger partial charge on any atom is 0.203 e. The molecule has 0 saturated carbocycles. The summed E-state index contributed by atoms with van der Waals surface area (Å²) in [5.74, 6) is 1.13. The Morgan fingerprint density at radius 1 is 1.12 bits per heavy atom. The van der Waals surface area contributed by atoms with Crippen LogP contribution in [0.4, 0.5) is 0 Å². The minimum absolute atomic E-state index is 0.186. The van der Waals surface area contributed by atoms with Crippen LogP contribution in [-0.4, -0.2) is 36.5 Å². The van der Waals surface area contributed by atoms with Gasteiger partial charge in [-0.3, -0.25) is 9.20 Å². The van der Waals surface area contributed by atoms with Crippen LogP contribution in [0.5, 0.6) is 17.2 Å². The van der Waals surface area contributed by atoms with Crippen LogP contribution < -0.4 is 14.2 Å². The molecule has 3 rings (SSSR count). The Morgan fingerprint density at radius 3 is 2.42 bits per heavy atom. The number of aromatic nitrogens is 2. The lowest BCUT2D eigenvalue weighted by Crippen LogP contribution is -2.00. The van der Waals surface area contributed by atoms with Crippen molar-refractivity contribution in [3.8, 4) is 17.2 Å². The molecule has 0 radical (unpaired) electrons. The Bertz CT molecular complexity index is 969. The van der Waals surface area contributed by atoms with E-state index < -0.39 is 0 Å². The molecule has 0 atom stereocenters. The standard InChI is InChI=1S/C19H17BrN2O4/c1-24-16-8-12(9-17(25-2)19(16)26-3)15(23)6-5-14-10-21-18-7-4-13(20)11-22(14)18/h4-11H,1-3H3/b6-5+. The fourth-order valence-electron chi connectivity index (χ4n) is 2.58. The molecule has 7 heteroatoms. The number of fused-ring (bicyclic) bond motifs is 1. The third-order valence-corrected chi connectivity index (χ3v) is 4.32. The van der Waals surface area contributed by atoms with Gasteiger partial charge in [0.15, 0.2) is 17.3 Å². The van der Waals surface area contributed by atoms with E-state index in [1.165, 1.54) is 27.4 Å². The van der Waals surface area contributed by atoms with Crippen molar-refractivity contribution < 1.29 is 19.0 Å². The number of halogens is 1. The molecule has 0 unspecified atom stereocenters. The van der Waals surface area contributed by atoms with E-state index in [1.807, 2.05) is 22.7 Å². The van der Waals surface area contributed by atoms with Crippen molar-refractivity contribution >= 4 is 33.4 Å². The Morgan fingerprint density at radius 2 is 1.81 bits per heavy atom. The third-order valence-electron chi connectivity index (χ3n) is 3.85. The lowest BCUT2D eigenvalue weighted by molar-refractivity contribution is 0.104. The number of allylic oxidation sites excluding steroid dienone is 1. The highest BCUT2D eigenvalue weighted by molar-refractivity contribution is 9.10. The topological polar surface area (TPSA) is 62.1 Å². The number of hydrogen-bond acceptors (Lipinski definition) is 5. The Labute approximate surface area is 159 Å². The predicted octanol–water partition coefficient (Wildman–Crippen LogP) is 4.02. The van der Waals surface area contributed by atoms with Crippen molar-refractivity contribution in [1.82, 2.24) is 9.38 Å². The number of imidazole rings is 1. The summed E-state index contributed by atoms with van der Waals surface area (Å²) >= 11 is 3.43. The van der Waals surface area contributed by atoms with Gasteiger partial charge in [0.1, 0.15) is 5.65 Å². The summed E-state index contributed by atoms with van der Waals surface area (Å²) in [5.41, 5.74) is 2.03. The Kier molecular flexibility index (Phi) is 5.27. The Hall–Kier alpha value is -2.80. The van der Waals surface area contributed by atoms with Crippen LogP contribution in [0, 0.1) is 0 Å². The maximum absolute atomic E-state index is 12.6. The van der Waals surface area contributed by atoms with Gasteiger partial charge in [-0.05, 0) is 52.3 Å². The second-order valence-electron chi connectivity index (χ2n) is 5.37. The fourth-order valence-corrected chi connectivity index (χ4v) is 2.91. The molecule has 134 valence electrons. The first-order chi connectivity index (χ1) is 12.6. The van der Waals surface area contributed by atoms with Gasteiger partial charge in [0.25, 0.3) is 0 Å². The van der Waals surface area contributed by atoms with Crippen molar-refractivity contribution in [3.05, 3.63) is 58.5 Å². The normalized spacial score (nSPS) is 11.1. The van der Waals surface area contributed by atoms with Crippen molar-refractivity contribution in [2.45, 2.75) is 0 Å². The molecule has 2 heterocycles. The predicted molar refractivity (Wildman–Crippen MR) is 102 cm³/mol. The molecule has 0 N–H and O–H groups in total. The fraction of sp³-hybridized carbons (Fsp3) is 0.158. The molecular weight excluding hydrogens is 400 g/mol. The SMILES string of the molecule is COc1cc(C(=O)/C=C/c2cnc3ccc(Br)cn23)cc(OC)c1OC. The number of carbonyl (C=O) groups excluding carboxylic acids is 1. The highest BCUT2D eigenvalue weighted by Gasteiger charge is 2.15. The number of pyridine rings is 1. The van der Waals surface area contributed by atoms with Crippen molar-refractivity contribution in [3.63, 3.8) is 0 Å². The van der Waals surface area contributed by atoms with Gasteiger partial charge in [0, 0.05) is 16.2 Å². The molecule has 1 aromatic carbocycles. The number of methoxy groups -OCH3 is 3. The molecule has 0 aliphatic carbocycles. The zero-order valence-corrected chi connectivity index (χ0v) is 16.1. The molecule has 6 nitrogen and oxygen atoms in total. The van der Waals surface area contributed by atoms with Gasteiger partial charge in [-0.25, -0.2) is 4.98 Å². The largest absolute Gasteiger partial charge is 0.493 e. The number of hydrogen-bond donors (Lipinski definition) is 0. The van der Waals surface area contributed by atoms with Crippen LogP contribution in [-0.2, 0) is 0 Å². The molecule has 26 heavy (non-hydrogen) atoms. The van der Waals surface area contributed by atoms with E-state index in [4.69, 9.17) is 14.2 Å². The van der Waals surface area contributed by atoms with Gasteiger partial charge in [-0.15, -0.1) is 0 Å². The lowest BCUT2D eigenvalue weighted by atomic mass is 10.1. The van der Waals surface area contributed by atoms with Crippen LogP contribution >= 0.6 is 15.9 Å². The summed E-state index contributed by atoms with van der Waals surface area (Å²) in [5, 5.41) is 0. The minimum atomic E-state index is -0.186. The second kappa shape index (κ2) is 7.61. The number of carbonyl (C=O) groups is 1. The van der Waals surface area contributed by atoms with Gasteiger partial charge < -0.3 is 14.2 Å². The summed E-state index contributed by atoms with van der Waals surface area (Å²) in [7, 11) is 4.54. The zero-order chi connectivity index (χ0) is 18.7. The molecule has 0 spiro atoms. The number of nitrogens with zero attached hydrogens (tertiary/aromatic N) is 2. The molecule has 3 aromatic rings. The van der Waals surface area contributed by atoms with Crippen LogP contribution in [0.15, 0.2) is 47.2 Å². The number of rotatable bonds is 6. The quantitative estimate of drug-likeness (QED) is 0.448. The first kappa shape index (κ1) is 18.0. The molecule has 2 aromatic heterocycles. The highest BCUT2D eigenvalue weighted by atomic mass is 79.9. The molecule has 0 bridgehead atoms. The smallest absolute Gasteiger partial charge is 0.203 e. The van der Waals surface area contributed by atoms with Crippen LogP contribution in [0.25, 0.3) is 11.7 Å². The summed E-state index contributed by atoms with van der Waals surface area (Å²) in [6.45, 7) is 0. The monoisotopic (exact) mass is 416 g/mol. The first-order valence-electron chi connectivity index (χ1n) is 7.72. The molecular formula is C19H17BrN2O4. The second-order valence-corrected chi connectivity index (χ2v) is 6.29. The summed E-state index contributed by atoms with van der Waals surface area (Å²) < 4.78 is 18.7. The minimum Gasteiger partial charge on any atom is -0.493 e. The molecule has 0 saturated heterocycles. The summed E-state index contributed by atoms with van der Waals surface area (Å²) in [6, 6.07) is 7.05. The molecule has 0 aliphatic heterocycles. The Balaban J connectivity index is 1.94. The van der Waals surface area contributed by atoms with Crippen LogP contribution in [0.2, 0.25) is 0 Å². The molecule has 0 aliphatic rings. The summed E-state index contributed by atoms with van der Waals surface area (Å²) in [4.78, 5) is 16.9. The van der Waals surface area contributed by atoms with Crippen LogP contribution in [0.3, 0.4) is 0 Å². The van der Waals surface area contributed by atoms with E-state index in [2.05, 4.69) is 20.9 Å². The third kappa shape index (κ3) is 3.43. The van der Waals surface area contributed by atoms with Crippen molar-refractivity contribution in [1.29, 1.82) is 0 Å². The van der Waals surface area contributed by atoms with Gasteiger partial charge in [-0.1, -0.05) is 0 Å². The first-order valence-corrected chi connectivity index (χ1v) is 8.51. The number of ether oxygens (including phenoxy) is 3. The summed E-state index contributed by atoms with van der Waals surface area (Å²) in [6.07, 6.45) is 6.82. The highest BCUT2D eigenvalue weighted by Crippen LogP contribution is 2.38. The molecule has 0 fully saturated rings. The zero-order valence-electron chi connectivity index (χ0n) is 14.5. The van der Waals surface area contributed by atoms with Gasteiger partial charge >= 0.3 is 0 Å². The van der Waals surface area contributed by atoms with Crippen molar-refractivity contribution in [2.75, 3.05) is 21.3 Å². The van der Waals surface area contributed by atoms with E-state index in [9.17, 15) is 4.79 Å². The van der Waals surface area contributed by atoms with E-state index in [-0.39, 0.29) is 5.78 Å². The number of benzene rings is 1. The van der Waals surface area contributed by atoms with E-state index in [1.54, 1.807) is 24.4 Å². The van der Waals surface area contributed by atoms with Crippen molar-refractivity contribution in [2.24, 2.45) is 0 Å². The van der Waals surface area contributed by atoms with Crippen LogP contribution in [0.1, 0.15) is 16.1 Å². The van der Waals surface area contributed by atoms with Gasteiger partial charge in [0.05, 0.1) is 33.2 Å². The lowest BCUT2D eigenvalue weighted by Gasteiger charge is -2.13. The van der Waals surface area contributed by atoms with E-state index >= 15 is 0 Å². The maximum atomic E-state index is 12.6.